The number of benzene rings is 8. The molecule has 12 rings (SSSR count). The van der Waals surface area contributed by atoms with Crippen LogP contribution >= 0.6 is 0 Å². The van der Waals surface area contributed by atoms with Gasteiger partial charge in [-0.2, -0.15) is 0 Å². The van der Waals surface area contributed by atoms with Gasteiger partial charge in [0.2, 0.25) is 0 Å². The molecule has 8 aromatic rings. The van der Waals surface area contributed by atoms with Gasteiger partial charge in [0.1, 0.15) is 0 Å². The Bertz CT molecular complexity index is 3510. The number of rotatable bonds is 15. The summed E-state index contributed by atoms with van der Waals surface area (Å²) in [5, 5.41) is 0. The van der Waals surface area contributed by atoms with Crippen molar-refractivity contribution in [3.05, 3.63) is 314 Å². The summed E-state index contributed by atoms with van der Waals surface area (Å²) in [5.74, 6) is 0.296. The van der Waals surface area contributed by atoms with Crippen molar-refractivity contribution >= 4 is 45.5 Å². The van der Waals surface area contributed by atoms with Gasteiger partial charge in [-0.25, -0.2) is 0 Å². The summed E-state index contributed by atoms with van der Waals surface area (Å²) in [7, 11) is 0. The zero-order chi connectivity index (χ0) is 50.9. The molecule has 76 heavy (non-hydrogen) atoms. The van der Waals surface area contributed by atoms with Crippen LogP contribution in [0.5, 0.6) is 0 Å². The van der Waals surface area contributed by atoms with Gasteiger partial charge < -0.3 is 19.6 Å². The van der Waals surface area contributed by atoms with Crippen molar-refractivity contribution in [3.63, 3.8) is 0 Å². The molecule has 4 nitrogen and oxygen atoms in total. The minimum atomic E-state index is 0.296. The molecular formula is C72H62N4. The molecule has 370 valence electrons. The first-order chi connectivity index (χ1) is 37.7. The summed E-state index contributed by atoms with van der Waals surface area (Å²) >= 11 is 0. The Morgan fingerprint density at radius 1 is 0.303 bits per heavy atom. The topological polar surface area (TPSA) is 13.0 Å². The van der Waals surface area contributed by atoms with Gasteiger partial charge in [-0.15, -0.1) is 0 Å². The highest BCUT2D eigenvalue weighted by Crippen LogP contribution is 2.41. The number of nitrogens with zero attached hydrogens (tertiary/aromatic N) is 4. The Balaban J connectivity index is 0.754. The fraction of sp³-hybridized carbons (Fsp3) is 0.111. The molecule has 0 saturated heterocycles. The molecule has 4 aliphatic carbocycles. The number of hydrogen-bond donors (Lipinski definition) is 0. The number of allylic oxidation sites excluding steroid dienone is 14. The van der Waals surface area contributed by atoms with Crippen molar-refractivity contribution in [3.8, 4) is 22.3 Å². The molecule has 0 saturated carbocycles. The Hall–Kier alpha value is -9.12. The van der Waals surface area contributed by atoms with E-state index < -0.39 is 0 Å². The zero-order valence-electron chi connectivity index (χ0n) is 43.0. The van der Waals surface area contributed by atoms with E-state index in [1.165, 1.54) is 67.7 Å². The van der Waals surface area contributed by atoms with E-state index in [4.69, 9.17) is 0 Å². The van der Waals surface area contributed by atoms with Gasteiger partial charge in [-0.1, -0.05) is 164 Å². The number of hydrogen-bond acceptors (Lipinski definition) is 4. The van der Waals surface area contributed by atoms with Crippen LogP contribution in [0.15, 0.2) is 308 Å². The van der Waals surface area contributed by atoms with Gasteiger partial charge in [0.25, 0.3) is 0 Å². The van der Waals surface area contributed by atoms with Crippen LogP contribution in [0.4, 0.5) is 45.5 Å². The lowest BCUT2D eigenvalue weighted by Gasteiger charge is -2.31. The molecular weight excluding hydrogens is 921 g/mol. The van der Waals surface area contributed by atoms with Gasteiger partial charge in [-0.3, -0.25) is 0 Å². The smallest absolute Gasteiger partial charge is 0.0462 e. The van der Waals surface area contributed by atoms with Crippen LogP contribution in [0.1, 0.15) is 56.4 Å². The Morgan fingerprint density at radius 3 is 1.13 bits per heavy atom. The minimum Gasteiger partial charge on any atom is -0.315 e. The number of anilines is 8. The first kappa shape index (κ1) is 47.9. The Kier molecular flexibility index (Phi) is 14.2. The summed E-state index contributed by atoms with van der Waals surface area (Å²) in [5.41, 5.74) is 20.3. The van der Waals surface area contributed by atoms with E-state index in [0.29, 0.717) is 5.92 Å². The molecule has 4 aliphatic rings. The maximum atomic E-state index is 2.43. The van der Waals surface area contributed by atoms with Crippen molar-refractivity contribution in [1.29, 1.82) is 0 Å². The molecule has 0 spiro atoms. The van der Waals surface area contributed by atoms with Crippen LogP contribution in [0.2, 0.25) is 0 Å². The quantitative estimate of drug-likeness (QED) is 0.101. The fourth-order valence-electron chi connectivity index (χ4n) is 11.0. The van der Waals surface area contributed by atoms with E-state index in [1.54, 1.807) is 0 Å². The second-order valence-corrected chi connectivity index (χ2v) is 19.8. The van der Waals surface area contributed by atoms with Gasteiger partial charge in [0.15, 0.2) is 0 Å². The Morgan fingerprint density at radius 2 is 0.697 bits per heavy atom. The third kappa shape index (κ3) is 10.5. The van der Waals surface area contributed by atoms with E-state index >= 15 is 0 Å². The zero-order valence-corrected chi connectivity index (χ0v) is 43.0. The monoisotopic (exact) mass is 982 g/mol. The van der Waals surface area contributed by atoms with Crippen molar-refractivity contribution in [2.75, 3.05) is 19.6 Å². The third-order valence-electron chi connectivity index (χ3n) is 14.9. The maximum Gasteiger partial charge on any atom is 0.0462 e. The van der Waals surface area contributed by atoms with E-state index in [2.05, 4.69) is 305 Å². The van der Waals surface area contributed by atoms with Crippen molar-refractivity contribution < 1.29 is 0 Å². The van der Waals surface area contributed by atoms with E-state index in [0.717, 1.165) is 73.4 Å². The molecule has 0 radical (unpaired) electrons. The summed E-state index contributed by atoms with van der Waals surface area (Å²) in [6, 6.07) is 77.3. The molecule has 1 unspecified atom stereocenters. The molecule has 0 fully saturated rings. The largest absolute Gasteiger partial charge is 0.315 e. The van der Waals surface area contributed by atoms with Crippen molar-refractivity contribution in [1.82, 2.24) is 0 Å². The molecule has 0 aromatic heterocycles. The first-order valence-electron chi connectivity index (χ1n) is 27.0. The molecule has 0 N–H and O–H groups in total. The van der Waals surface area contributed by atoms with E-state index in [-0.39, 0.29) is 0 Å². The summed E-state index contributed by atoms with van der Waals surface area (Å²) < 4.78 is 0. The van der Waals surface area contributed by atoms with Gasteiger partial charge in [0.05, 0.1) is 0 Å². The second-order valence-electron chi connectivity index (χ2n) is 19.8. The second kappa shape index (κ2) is 22.6. The highest BCUT2D eigenvalue weighted by molar-refractivity contribution is 5.81. The van der Waals surface area contributed by atoms with Crippen LogP contribution in [0.25, 0.3) is 22.3 Å². The van der Waals surface area contributed by atoms with Crippen LogP contribution in [0.3, 0.4) is 0 Å². The molecule has 1 atom stereocenters. The fourth-order valence-corrected chi connectivity index (χ4v) is 11.0. The van der Waals surface area contributed by atoms with Crippen LogP contribution in [0, 0.1) is 0 Å². The highest BCUT2D eigenvalue weighted by atomic mass is 15.2. The van der Waals surface area contributed by atoms with Crippen molar-refractivity contribution in [2.45, 2.75) is 50.9 Å². The predicted octanol–water partition coefficient (Wildman–Crippen LogP) is 19.9. The Labute approximate surface area is 449 Å². The van der Waals surface area contributed by atoms with E-state index in [9.17, 15) is 0 Å². The van der Waals surface area contributed by atoms with Crippen LogP contribution in [-0.2, 0) is 0 Å². The lowest BCUT2D eigenvalue weighted by atomic mass is 9.91. The third-order valence-corrected chi connectivity index (χ3v) is 14.9. The number of para-hydroxylation sites is 3. The maximum absolute atomic E-state index is 2.43. The molecule has 0 aliphatic heterocycles. The van der Waals surface area contributed by atoms with E-state index in [1.807, 2.05) is 0 Å². The SMILES string of the molecule is C1=CCCC(N(C2=CCCC=C2)c2ccc(-c3ccc(N(c4ccccc4)c4ccc(-c5ccc(N(C6=CCC(c7ccc(N(C8=CC=CCC8)c8ccccc8)cc7)C=C6)c6ccccc6)cc5)cc4)cc3)cc2)=C1. The van der Waals surface area contributed by atoms with Gasteiger partial charge >= 0.3 is 0 Å². The predicted molar refractivity (Wildman–Crippen MR) is 322 cm³/mol. The lowest BCUT2D eigenvalue weighted by molar-refractivity contribution is 0.839. The molecule has 4 heteroatoms. The summed E-state index contributed by atoms with van der Waals surface area (Å²) in [4.78, 5) is 9.54. The first-order valence-corrected chi connectivity index (χ1v) is 27.0. The standard InChI is InChI=1S/C72H62N4/c1-7-19-61(20-8-1)73(62-21-9-2-10-22-62)67-43-31-55(32-44-67)57-35-47-69(48-36-57)75(65-27-15-5-16-28-65)71-51-39-59(40-52-71)60-41-53-72(54-42-60)76(66-29-17-6-18-30-66)70-49-37-58(38-50-70)56-33-45-68(46-34-56)74(63-23-11-3-12-24-63)64-25-13-4-14-26-64/h1-3,5-9,11,13,15-21,23,25-35,37-54,57H,4,10,12,14,22,24,36H2. The average Bonchev–Trinajstić information content (AvgIpc) is 3.50. The molecule has 0 heterocycles. The molecule has 8 aromatic carbocycles. The summed E-state index contributed by atoms with van der Waals surface area (Å²) in [6.45, 7) is 0. The normalized spacial score (nSPS) is 15.8. The average molecular weight is 983 g/mol. The van der Waals surface area contributed by atoms with Gasteiger partial charge in [0, 0.05) is 74.2 Å². The van der Waals surface area contributed by atoms with Crippen LogP contribution < -0.4 is 19.6 Å². The summed E-state index contributed by atoms with van der Waals surface area (Å²) in [6.07, 6.45) is 34.7. The molecule has 0 amide bonds. The van der Waals surface area contributed by atoms with Crippen molar-refractivity contribution in [2.24, 2.45) is 0 Å². The molecule has 0 bridgehead atoms. The lowest BCUT2D eigenvalue weighted by Crippen LogP contribution is -2.22. The van der Waals surface area contributed by atoms with Gasteiger partial charge in [-0.05, 0) is 194 Å². The highest BCUT2D eigenvalue weighted by Gasteiger charge is 2.22. The minimum absolute atomic E-state index is 0.296. The van der Waals surface area contributed by atoms with Crippen LogP contribution in [-0.4, -0.2) is 0 Å².